The lowest BCUT2D eigenvalue weighted by molar-refractivity contribution is -0.365. The van der Waals surface area contributed by atoms with E-state index < -0.39 is 5.91 Å². The fourth-order valence-electron chi connectivity index (χ4n) is 4.90. The minimum absolute atomic E-state index is 0.0224. The van der Waals surface area contributed by atoms with Crippen molar-refractivity contribution in [2.75, 3.05) is 56.8 Å². The summed E-state index contributed by atoms with van der Waals surface area (Å²) in [7, 11) is 0. The SMILES string of the molecule is N#Cc1cnc2cc(OC3CCOC3)c(NC(=O)C=CCN(OCCO)OCCO)cc2c1Nc1ccc(OCc2cccc(F)c2)c(Cl)c1. The Morgan fingerprint density at radius 1 is 1.14 bits per heavy atom. The average Bonchev–Trinajstić information content (AvgIpc) is 3.62. The highest BCUT2D eigenvalue weighted by Crippen LogP contribution is 2.38. The normalized spacial score (nSPS) is 14.3. The molecule has 1 saturated heterocycles. The van der Waals surface area contributed by atoms with Crippen LogP contribution in [-0.2, 0) is 25.8 Å². The molecule has 0 spiro atoms. The summed E-state index contributed by atoms with van der Waals surface area (Å²) < 4.78 is 31.1. The number of pyridine rings is 1. The van der Waals surface area contributed by atoms with E-state index in [-0.39, 0.29) is 57.1 Å². The van der Waals surface area contributed by atoms with Gasteiger partial charge in [0.25, 0.3) is 0 Å². The van der Waals surface area contributed by atoms with Crippen LogP contribution < -0.4 is 20.1 Å². The van der Waals surface area contributed by atoms with Crippen LogP contribution in [0.25, 0.3) is 10.9 Å². The topological polar surface area (TPSA) is 168 Å². The second-order valence-corrected chi connectivity index (χ2v) is 11.2. The molecule has 1 unspecified atom stereocenters. The summed E-state index contributed by atoms with van der Waals surface area (Å²) in [6.45, 7) is 0.507. The van der Waals surface area contributed by atoms with E-state index in [0.29, 0.717) is 69.7 Å². The Morgan fingerprint density at radius 2 is 1.96 bits per heavy atom. The molecule has 1 aromatic heterocycles. The molecule has 13 nitrogen and oxygen atoms in total. The van der Waals surface area contributed by atoms with Crippen molar-refractivity contribution in [2.45, 2.75) is 19.1 Å². The van der Waals surface area contributed by atoms with E-state index in [4.69, 9.17) is 45.7 Å². The number of nitriles is 1. The molecule has 15 heteroatoms. The van der Waals surface area contributed by atoms with Crippen LogP contribution >= 0.6 is 11.6 Å². The number of ether oxygens (including phenoxy) is 3. The number of nitrogens with zero attached hydrogens (tertiary/aromatic N) is 3. The molecule has 3 aromatic carbocycles. The van der Waals surface area contributed by atoms with Crippen molar-refractivity contribution in [3.63, 3.8) is 0 Å². The summed E-state index contributed by atoms with van der Waals surface area (Å²) in [5.41, 5.74) is 2.66. The number of nitrogens with one attached hydrogen (secondary N) is 2. The van der Waals surface area contributed by atoms with Gasteiger partial charge in [0.2, 0.25) is 5.91 Å². The first kappa shape index (κ1) is 36.4. The predicted molar refractivity (Wildman–Crippen MR) is 182 cm³/mol. The Balaban J connectivity index is 1.40. The first-order chi connectivity index (χ1) is 24.4. The van der Waals surface area contributed by atoms with Crippen LogP contribution in [-0.4, -0.2) is 78.6 Å². The zero-order valence-corrected chi connectivity index (χ0v) is 27.6. The van der Waals surface area contributed by atoms with Crippen LogP contribution in [0.1, 0.15) is 17.5 Å². The van der Waals surface area contributed by atoms with Crippen LogP contribution in [0.4, 0.5) is 21.5 Å². The first-order valence-corrected chi connectivity index (χ1v) is 16.0. The van der Waals surface area contributed by atoms with Crippen molar-refractivity contribution in [3.8, 4) is 17.6 Å². The number of aliphatic hydroxyl groups is 2. The third kappa shape index (κ3) is 10.1. The van der Waals surface area contributed by atoms with Gasteiger partial charge in [-0.2, -0.15) is 5.26 Å². The molecule has 1 amide bonds. The zero-order chi connectivity index (χ0) is 35.3. The van der Waals surface area contributed by atoms with Gasteiger partial charge in [0.1, 0.15) is 36.1 Å². The van der Waals surface area contributed by atoms with Gasteiger partial charge in [-0.15, -0.1) is 0 Å². The molecule has 1 aliphatic heterocycles. The number of rotatable bonds is 17. The molecule has 0 radical (unpaired) electrons. The van der Waals surface area contributed by atoms with Gasteiger partial charge >= 0.3 is 0 Å². The number of aromatic nitrogens is 1. The van der Waals surface area contributed by atoms with Gasteiger partial charge in [0, 0.05) is 35.8 Å². The third-order valence-electron chi connectivity index (χ3n) is 7.19. The fraction of sp³-hybridized carbons (Fsp3) is 0.286. The molecule has 0 bridgehead atoms. The Bertz CT molecular complexity index is 1840. The molecular weight excluding hydrogens is 673 g/mol. The van der Waals surface area contributed by atoms with Crippen molar-refractivity contribution in [3.05, 3.63) is 94.9 Å². The maximum atomic E-state index is 13.6. The van der Waals surface area contributed by atoms with Gasteiger partial charge in [0.05, 0.1) is 73.7 Å². The molecule has 4 aromatic rings. The molecular formula is C35H35ClFN5O8. The van der Waals surface area contributed by atoms with Crippen molar-refractivity contribution in [2.24, 2.45) is 0 Å². The number of anilines is 3. The zero-order valence-electron chi connectivity index (χ0n) is 26.8. The molecule has 262 valence electrons. The van der Waals surface area contributed by atoms with Crippen LogP contribution in [0, 0.1) is 17.1 Å². The van der Waals surface area contributed by atoms with Crippen LogP contribution in [0.15, 0.2) is 72.9 Å². The van der Waals surface area contributed by atoms with E-state index in [2.05, 4.69) is 21.7 Å². The first-order valence-electron chi connectivity index (χ1n) is 15.6. The molecule has 0 aliphatic carbocycles. The number of benzene rings is 3. The highest BCUT2D eigenvalue weighted by atomic mass is 35.5. The van der Waals surface area contributed by atoms with Gasteiger partial charge in [-0.1, -0.05) is 35.0 Å². The van der Waals surface area contributed by atoms with Crippen LogP contribution in [0.5, 0.6) is 11.5 Å². The molecule has 1 aliphatic rings. The Morgan fingerprint density at radius 3 is 2.66 bits per heavy atom. The second-order valence-electron chi connectivity index (χ2n) is 10.8. The van der Waals surface area contributed by atoms with E-state index in [1.807, 2.05) is 0 Å². The molecule has 50 heavy (non-hydrogen) atoms. The number of hydrogen-bond acceptors (Lipinski definition) is 12. The number of halogens is 2. The second kappa shape index (κ2) is 18.2. The van der Waals surface area contributed by atoms with Crippen molar-refractivity contribution in [1.29, 1.82) is 5.26 Å². The lowest BCUT2D eigenvalue weighted by atomic mass is 10.1. The highest BCUT2D eigenvalue weighted by Gasteiger charge is 2.21. The van der Waals surface area contributed by atoms with Gasteiger partial charge in [-0.3, -0.25) is 19.5 Å². The smallest absolute Gasteiger partial charge is 0.248 e. The highest BCUT2D eigenvalue weighted by molar-refractivity contribution is 6.32. The number of hydroxylamine groups is 2. The summed E-state index contributed by atoms with van der Waals surface area (Å²) in [6.07, 6.45) is 4.62. The van der Waals surface area contributed by atoms with Crippen molar-refractivity contribution < 1.29 is 43.3 Å². The summed E-state index contributed by atoms with van der Waals surface area (Å²) in [5.74, 6) is -0.113. The number of fused-ring (bicyclic) bond motifs is 1. The van der Waals surface area contributed by atoms with Gasteiger partial charge < -0.3 is 35.1 Å². The predicted octanol–water partition coefficient (Wildman–Crippen LogP) is 5.03. The van der Waals surface area contributed by atoms with Crippen molar-refractivity contribution >= 4 is 45.5 Å². The maximum absolute atomic E-state index is 13.6. The number of carbonyl (C=O) groups excluding carboxylic acids is 1. The van der Waals surface area contributed by atoms with Gasteiger partial charge in [-0.05, 0) is 42.0 Å². The Labute approximate surface area is 292 Å². The Hall–Kier alpha value is -4.85. The minimum atomic E-state index is -0.499. The Kier molecular flexibility index (Phi) is 13.3. The molecule has 2 heterocycles. The molecule has 5 rings (SSSR count). The monoisotopic (exact) mass is 707 g/mol. The minimum Gasteiger partial charge on any atom is -0.487 e. The molecule has 1 fully saturated rings. The summed E-state index contributed by atoms with van der Waals surface area (Å²) in [4.78, 5) is 28.0. The van der Waals surface area contributed by atoms with Crippen LogP contribution in [0.2, 0.25) is 5.02 Å². The van der Waals surface area contributed by atoms with E-state index in [1.54, 1.807) is 42.5 Å². The molecule has 0 saturated carbocycles. The third-order valence-corrected chi connectivity index (χ3v) is 7.49. The summed E-state index contributed by atoms with van der Waals surface area (Å²) in [5, 5.41) is 36.0. The number of aliphatic hydroxyl groups excluding tert-OH is 2. The molecule has 4 N–H and O–H groups in total. The van der Waals surface area contributed by atoms with E-state index in [0.717, 1.165) is 5.23 Å². The number of hydrogen-bond donors (Lipinski definition) is 4. The average molecular weight is 708 g/mol. The maximum Gasteiger partial charge on any atom is 0.248 e. The number of carbonyl (C=O) groups is 1. The van der Waals surface area contributed by atoms with E-state index >= 15 is 0 Å². The fourth-order valence-corrected chi connectivity index (χ4v) is 5.13. The lowest BCUT2D eigenvalue weighted by Gasteiger charge is -2.19. The quantitative estimate of drug-likeness (QED) is 0.0855. The summed E-state index contributed by atoms with van der Waals surface area (Å²) >= 11 is 6.54. The van der Waals surface area contributed by atoms with Gasteiger partial charge in [0.15, 0.2) is 0 Å². The van der Waals surface area contributed by atoms with Crippen molar-refractivity contribution in [1.82, 2.24) is 10.2 Å². The van der Waals surface area contributed by atoms with E-state index in [1.165, 1.54) is 30.5 Å². The van der Waals surface area contributed by atoms with E-state index in [9.17, 15) is 14.4 Å². The molecule has 1 atom stereocenters. The summed E-state index contributed by atoms with van der Waals surface area (Å²) in [6, 6.07) is 16.6. The largest absolute Gasteiger partial charge is 0.487 e. The standard InChI is InChI=1S/C35H35ClFN5O8/c36-29-16-26(6-7-32(29)47-21-23-3-1-4-25(37)15-23)40-35-24(19-38)20-39-30-18-33(50-27-8-12-46-22-27)31(17-28(30)35)41-34(45)5-2-9-42(48-13-10-43)49-14-11-44/h1-7,15-18,20,27,43-44H,8-14,21-22H2,(H,39,40)(H,41,45). The lowest BCUT2D eigenvalue weighted by Crippen LogP contribution is -2.27. The number of amides is 1. The van der Waals surface area contributed by atoms with Crippen LogP contribution in [0.3, 0.4) is 0 Å². The van der Waals surface area contributed by atoms with Gasteiger partial charge in [-0.25, -0.2) is 4.39 Å².